The number of unbranched alkanes of at least 4 members (excludes halogenated alkanes) is 1. The molecule has 0 fully saturated rings. The molecule has 0 unspecified atom stereocenters. The van der Waals surface area contributed by atoms with Crippen LogP contribution in [0.3, 0.4) is 0 Å². The van der Waals surface area contributed by atoms with E-state index in [-0.39, 0.29) is 13.2 Å². The van der Waals surface area contributed by atoms with Crippen LogP contribution in [0.25, 0.3) is 0 Å². The predicted octanol–water partition coefficient (Wildman–Crippen LogP) is 0.371. The van der Waals surface area contributed by atoms with Crippen molar-refractivity contribution in [3.8, 4) is 0 Å². The molecule has 0 saturated heterocycles. The first-order valence-corrected chi connectivity index (χ1v) is 2.96. The van der Waals surface area contributed by atoms with Crippen molar-refractivity contribution in [3.63, 3.8) is 0 Å². The first kappa shape index (κ1) is 12.1. The third kappa shape index (κ3) is 26.1. The van der Waals surface area contributed by atoms with Gasteiger partial charge in [0.25, 0.3) is 0 Å². The normalized spacial score (nSPS) is 7.50. The summed E-state index contributed by atoms with van der Waals surface area (Å²) in [6.45, 7) is 3.40. The molecule has 0 spiro atoms. The van der Waals surface area contributed by atoms with Crippen molar-refractivity contribution in [2.75, 3.05) is 13.2 Å². The second-order valence-electron chi connectivity index (χ2n) is 1.43. The van der Waals surface area contributed by atoms with Crippen LogP contribution in [0.15, 0.2) is 12.8 Å². The fourth-order valence-corrected chi connectivity index (χ4v) is 0.224. The standard InChI is InChI=1S/C4H10O2.C2H4O2/c5-3-1-2-4-6;1-2-4-3/h5-6H,1-4H2;2-3H,1H2. The topological polar surface area (TPSA) is 69.9 Å². The maximum atomic E-state index is 8.09. The molecule has 0 atom stereocenters. The van der Waals surface area contributed by atoms with Gasteiger partial charge >= 0.3 is 0 Å². The van der Waals surface area contributed by atoms with E-state index in [0.29, 0.717) is 0 Å². The van der Waals surface area contributed by atoms with Crippen molar-refractivity contribution in [3.05, 3.63) is 12.8 Å². The number of hydrogen-bond donors (Lipinski definition) is 3. The van der Waals surface area contributed by atoms with Crippen molar-refractivity contribution >= 4 is 0 Å². The van der Waals surface area contributed by atoms with Gasteiger partial charge in [0, 0.05) is 13.2 Å². The van der Waals surface area contributed by atoms with Crippen molar-refractivity contribution in [2.24, 2.45) is 0 Å². The van der Waals surface area contributed by atoms with Crippen LogP contribution in [0, 0.1) is 0 Å². The summed E-state index contributed by atoms with van der Waals surface area (Å²) in [4.78, 5) is 3.31. The van der Waals surface area contributed by atoms with Gasteiger partial charge in [0.1, 0.15) is 6.26 Å². The highest BCUT2D eigenvalue weighted by molar-refractivity contribution is 4.40. The summed E-state index contributed by atoms with van der Waals surface area (Å²) in [6, 6.07) is 0. The van der Waals surface area contributed by atoms with E-state index in [0.717, 1.165) is 19.1 Å². The van der Waals surface area contributed by atoms with Gasteiger partial charge in [0.05, 0.1) is 0 Å². The largest absolute Gasteiger partial charge is 0.396 e. The van der Waals surface area contributed by atoms with Gasteiger partial charge in [0.15, 0.2) is 0 Å². The zero-order valence-corrected chi connectivity index (χ0v) is 5.86. The lowest BCUT2D eigenvalue weighted by atomic mass is 10.3. The second-order valence-corrected chi connectivity index (χ2v) is 1.43. The molecule has 0 bridgehead atoms. The molecule has 0 aliphatic heterocycles. The van der Waals surface area contributed by atoms with E-state index >= 15 is 0 Å². The fraction of sp³-hybridized carbons (Fsp3) is 0.667. The SMILES string of the molecule is C=COO.OCCCCO. The molecule has 0 aromatic rings. The molecule has 0 radical (unpaired) electrons. The van der Waals surface area contributed by atoms with Crippen LogP contribution in [-0.4, -0.2) is 28.7 Å². The predicted molar refractivity (Wildman–Crippen MR) is 37.3 cm³/mol. The van der Waals surface area contributed by atoms with Crippen molar-refractivity contribution in [1.82, 2.24) is 0 Å². The van der Waals surface area contributed by atoms with Crippen LogP contribution in [0.4, 0.5) is 0 Å². The summed E-state index contributed by atoms with van der Waals surface area (Å²) in [5, 5.41) is 23.4. The molecule has 3 N–H and O–H groups in total. The highest BCUT2D eigenvalue weighted by Gasteiger charge is 1.77. The molecular formula is C6H14O4. The van der Waals surface area contributed by atoms with Gasteiger partial charge in [0.2, 0.25) is 0 Å². The maximum Gasteiger partial charge on any atom is 0.122 e. The summed E-state index contributed by atoms with van der Waals surface area (Å²) >= 11 is 0. The minimum Gasteiger partial charge on any atom is -0.396 e. The lowest BCUT2D eigenvalue weighted by Gasteiger charge is -1.85. The van der Waals surface area contributed by atoms with Crippen LogP contribution in [0.2, 0.25) is 0 Å². The molecule has 0 heterocycles. The summed E-state index contributed by atoms with van der Waals surface area (Å²) in [5.74, 6) is 0. The molecule has 0 aromatic carbocycles. The number of aliphatic hydroxyl groups is 2. The highest BCUT2D eigenvalue weighted by atomic mass is 17.1. The Morgan fingerprint density at radius 3 is 1.60 bits per heavy atom. The second kappa shape index (κ2) is 15.8. The quantitative estimate of drug-likeness (QED) is 0.234. The van der Waals surface area contributed by atoms with Gasteiger partial charge in [-0.1, -0.05) is 6.58 Å². The molecule has 0 rings (SSSR count). The highest BCUT2D eigenvalue weighted by Crippen LogP contribution is 1.80. The molecule has 0 aromatic heterocycles. The van der Waals surface area contributed by atoms with Gasteiger partial charge in [-0.2, -0.15) is 0 Å². The van der Waals surface area contributed by atoms with E-state index in [2.05, 4.69) is 11.5 Å². The van der Waals surface area contributed by atoms with Crippen LogP contribution < -0.4 is 0 Å². The van der Waals surface area contributed by atoms with Gasteiger partial charge < -0.3 is 15.1 Å². The average molecular weight is 150 g/mol. The number of hydrogen-bond acceptors (Lipinski definition) is 4. The third-order valence-electron chi connectivity index (χ3n) is 0.641. The molecule has 0 aliphatic rings. The zero-order chi connectivity index (χ0) is 8.24. The zero-order valence-electron chi connectivity index (χ0n) is 5.86. The Labute approximate surface area is 60.3 Å². The van der Waals surface area contributed by atoms with Crippen LogP contribution in [-0.2, 0) is 4.89 Å². The fourth-order valence-electron chi connectivity index (χ4n) is 0.224. The summed E-state index contributed by atoms with van der Waals surface area (Å²) in [6.07, 6.45) is 2.37. The van der Waals surface area contributed by atoms with E-state index in [1.165, 1.54) is 0 Å². The summed E-state index contributed by atoms with van der Waals surface area (Å²) in [5.41, 5.74) is 0. The Kier molecular flexibility index (Phi) is 19.1. The van der Waals surface area contributed by atoms with Crippen molar-refractivity contribution in [1.29, 1.82) is 0 Å². The summed E-state index contributed by atoms with van der Waals surface area (Å²) < 4.78 is 0. The number of rotatable bonds is 4. The molecule has 4 heteroatoms. The van der Waals surface area contributed by atoms with E-state index in [4.69, 9.17) is 15.5 Å². The van der Waals surface area contributed by atoms with Gasteiger partial charge in [-0.05, 0) is 12.8 Å². The van der Waals surface area contributed by atoms with Gasteiger partial charge in [-0.25, -0.2) is 5.26 Å². The molecule has 4 nitrogen and oxygen atoms in total. The minimum atomic E-state index is 0.195. The Morgan fingerprint density at radius 2 is 1.50 bits per heavy atom. The third-order valence-corrected chi connectivity index (χ3v) is 0.641. The van der Waals surface area contributed by atoms with Gasteiger partial charge in [-0.15, -0.1) is 0 Å². The van der Waals surface area contributed by atoms with E-state index < -0.39 is 0 Å². The lowest BCUT2D eigenvalue weighted by Crippen LogP contribution is -1.85. The van der Waals surface area contributed by atoms with Gasteiger partial charge in [-0.3, -0.25) is 0 Å². The van der Waals surface area contributed by atoms with Crippen LogP contribution >= 0.6 is 0 Å². The molecule has 10 heavy (non-hydrogen) atoms. The molecule has 0 saturated carbocycles. The average Bonchev–Trinajstić information content (AvgIpc) is 2.01. The van der Waals surface area contributed by atoms with E-state index in [1.54, 1.807) is 0 Å². The van der Waals surface area contributed by atoms with Crippen LogP contribution in [0.5, 0.6) is 0 Å². The van der Waals surface area contributed by atoms with E-state index in [1.807, 2.05) is 0 Å². The Morgan fingerprint density at radius 1 is 1.20 bits per heavy atom. The molecule has 0 aliphatic carbocycles. The Bertz CT molecular complexity index is 51.7. The Balaban J connectivity index is 0. The Hall–Kier alpha value is -0.580. The number of aliphatic hydroxyl groups excluding tert-OH is 2. The minimum absolute atomic E-state index is 0.195. The first-order chi connectivity index (χ1) is 4.83. The lowest BCUT2D eigenvalue weighted by molar-refractivity contribution is -0.186. The van der Waals surface area contributed by atoms with Crippen molar-refractivity contribution < 1.29 is 20.4 Å². The summed E-state index contributed by atoms with van der Waals surface area (Å²) in [7, 11) is 0. The van der Waals surface area contributed by atoms with Crippen molar-refractivity contribution in [2.45, 2.75) is 12.8 Å². The van der Waals surface area contributed by atoms with E-state index in [9.17, 15) is 0 Å². The first-order valence-electron chi connectivity index (χ1n) is 2.96. The molecule has 0 amide bonds. The molecular weight excluding hydrogens is 136 g/mol. The van der Waals surface area contributed by atoms with Crippen LogP contribution in [0.1, 0.15) is 12.8 Å². The smallest absolute Gasteiger partial charge is 0.122 e. The maximum absolute atomic E-state index is 8.09. The monoisotopic (exact) mass is 150 g/mol. The molecule has 62 valence electrons.